The highest BCUT2D eigenvalue weighted by Gasteiger charge is 2.18. The highest BCUT2D eigenvalue weighted by atomic mass is 16.7. The first-order valence-electron chi connectivity index (χ1n) is 5.99. The zero-order valence-corrected chi connectivity index (χ0v) is 12.1. The minimum atomic E-state index is -0.394. The van der Waals surface area contributed by atoms with Crippen molar-refractivity contribution in [2.45, 2.75) is 32.7 Å². The number of hydroxylamine groups is 2. The van der Waals surface area contributed by atoms with Crippen LogP contribution >= 0.6 is 0 Å². The third-order valence-electron chi connectivity index (χ3n) is 2.44. The molecule has 0 bridgehead atoms. The van der Waals surface area contributed by atoms with Gasteiger partial charge in [-0.15, -0.1) is 0 Å². The summed E-state index contributed by atoms with van der Waals surface area (Å²) < 4.78 is 9.72. The molecule has 0 N–H and O–H groups in total. The quantitative estimate of drug-likeness (QED) is 0.288. The molecule has 0 aliphatic rings. The van der Waals surface area contributed by atoms with Crippen LogP contribution in [0, 0.1) is 0 Å². The molecule has 0 radical (unpaired) electrons. The van der Waals surface area contributed by atoms with Crippen LogP contribution in [0.2, 0.25) is 0 Å². The number of hydrogen-bond donors (Lipinski definition) is 0. The summed E-state index contributed by atoms with van der Waals surface area (Å²) in [6.07, 6.45) is 0.451. The Morgan fingerprint density at radius 1 is 1.22 bits per heavy atom. The van der Waals surface area contributed by atoms with Crippen LogP contribution in [-0.4, -0.2) is 50.5 Å². The average Bonchev–Trinajstić information content (AvgIpc) is 2.27. The Kier molecular flexibility index (Phi) is 7.82. The molecule has 0 aliphatic carbocycles. The molecule has 0 spiro atoms. The fraction of sp³-hybridized carbons (Fsp3) is 0.769. The Bertz CT molecular complexity index is 271. The van der Waals surface area contributed by atoms with Gasteiger partial charge in [0.1, 0.15) is 6.61 Å². The molecule has 0 saturated heterocycles. The molecule has 18 heavy (non-hydrogen) atoms. The van der Waals surface area contributed by atoms with Crippen LogP contribution in [0.5, 0.6) is 0 Å². The summed E-state index contributed by atoms with van der Waals surface area (Å²) >= 11 is 0. The summed E-state index contributed by atoms with van der Waals surface area (Å²) in [7, 11) is 3.42. The minimum absolute atomic E-state index is 0.0691. The second-order valence-corrected chi connectivity index (χ2v) is 4.98. The van der Waals surface area contributed by atoms with Gasteiger partial charge in [0.25, 0.3) is 0 Å². The molecule has 0 unspecified atom stereocenters. The van der Waals surface area contributed by atoms with Crippen molar-refractivity contribution < 1.29 is 19.1 Å². The number of carbonyl (C=O) groups excluding carboxylic acids is 1. The van der Waals surface area contributed by atoms with Gasteiger partial charge < -0.3 is 9.47 Å². The number of nitrogens with zero attached hydrogens (tertiary/aromatic N) is 1. The Morgan fingerprint density at radius 3 is 2.33 bits per heavy atom. The van der Waals surface area contributed by atoms with Crippen molar-refractivity contribution in [3.05, 3.63) is 12.2 Å². The van der Waals surface area contributed by atoms with Gasteiger partial charge in [0.05, 0.1) is 13.2 Å². The predicted molar refractivity (Wildman–Crippen MR) is 70.1 cm³/mol. The maximum Gasteiger partial charge on any atom is 0.333 e. The Balaban J connectivity index is 3.80. The summed E-state index contributed by atoms with van der Waals surface area (Å²) in [6.45, 7) is 10.9. The van der Waals surface area contributed by atoms with E-state index in [1.54, 1.807) is 12.2 Å². The lowest BCUT2D eigenvalue weighted by Gasteiger charge is -2.30. The van der Waals surface area contributed by atoms with Crippen molar-refractivity contribution in [1.82, 2.24) is 5.06 Å². The van der Waals surface area contributed by atoms with Crippen molar-refractivity contribution >= 4 is 5.97 Å². The van der Waals surface area contributed by atoms with E-state index in [0.29, 0.717) is 25.2 Å². The van der Waals surface area contributed by atoms with Crippen LogP contribution in [0.25, 0.3) is 0 Å². The number of esters is 1. The first-order chi connectivity index (χ1) is 8.29. The molecule has 0 aliphatic heterocycles. The lowest BCUT2D eigenvalue weighted by molar-refractivity contribution is -0.190. The Labute approximate surface area is 110 Å². The van der Waals surface area contributed by atoms with E-state index in [0.717, 1.165) is 0 Å². The molecule has 0 saturated carbocycles. The van der Waals surface area contributed by atoms with Crippen LogP contribution in [0.15, 0.2) is 12.2 Å². The monoisotopic (exact) mass is 259 g/mol. The van der Waals surface area contributed by atoms with Crippen LogP contribution in [0.4, 0.5) is 0 Å². The zero-order chi connectivity index (χ0) is 14.2. The molecule has 0 aromatic heterocycles. The molecule has 5 heteroatoms. The SMILES string of the molecule is C=C(CCON(C)C(C)(C)C)C(=O)OCCOC. The normalized spacial score (nSPS) is 11.7. The third-order valence-corrected chi connectivity index (χ3v) is 2.44. The maximum absolute atomic E-state index is 11.4. The summed E-state index contributed by atoms with van der Waals surface area (Å²) in [5.41, 5.74) is 0.341. The average molecular weight is 259 g/mol. The lowest BCUT2D eigenvalue weighted by Crippen LogP contribution is -2.38. The van der Waals surface area contributed by atoms with E-state index in [-0.39, 0.29) is 12.1 Å². The standard InChI is InChI=1S/C13H25NO4/c1-11(12(15)17-10-9-16-6)7-8-18-14(5)13(2,3)4/h1,7-10H2,2-6H3. The van der Waals surface area contributed by atoms with Crippen LogP contribution < -0.4 is 0 Å². The molecule has 106 valence electrons. The van der Waals surface area contributed by atoms with Crippen molar-refractivity contribution in [3.8, 4) is 0 Å². The molecule has 0 atom stereocenters. The largest absolute Gasteiger partial charge is 0.460 e. The number of carbonyl (C=O) groups is 1. The molecule has 0 fully saturated rings. The topological polar surface area (TPSA) is 48.0 Å². The maximum atomic E-state index is 11.4. The van der Waals surface area contributed by atoms with Gasteiger partial charge in [-0.25, -0.2) is 4.79 Å². The molecule has 0 aromatic rings. The van der Waals surface area contributed by atoms with E-state index in [4.69, 9.17) is 14.3 Å². The third kappa shape index (κ3) is 7.42. The van der Waals surface area contributed by atoms with Crippen molar-refractivity contribution in [1.29, 1.82) is 0 Å². The van der Waals surface area contributed by atoms with E-state index < -0.39 is 5.97 Å². The number of rotatable bonds is 8. The van der Waals surface area contributed by atoms with Gasteiger partial charge in [0, 0.05) is 31.7 Å². The van der Waals surface area contributed by atoms with Gasteiger partial charge in [0.2, 0.25) is 0 Å². The van der Waals surface area contributed by atoms with E-state index in [9.17, 15) is 4.79 Å². The Hall–Kier alpha value is -0.910. The molecule has 0 aromatic carbocycles. The summed E-state index contributed by atoms with van der Waals surface area (Å²) in [5.74, 6) is -0.394. The summed E-state index contributed by atoms with van der Waals surface area (Å²) in [4.78, 5) is 16.9. The summed E-state index contributed by atoms with van der Waals surface area (Å²) in [6, 6.07) is 0. The molecule has 0 amide bonds. The van der Waals surface area contributed by atoms with Gasteiger partial charge in [0.15, 0.2) is 0 Å². The fourth-order valence-electron chi connectivity index (χ4n) is 0.921. The van der Waals surface area contributed by atoms with Crippen LogP contribution in [-0.2, 0) is 19.1 Å². The second-order valence-electron chi connectivity index (χ2n) is 4.98. The number of ether oxygens (including phenoxy) is 2. The van der Waals surface area contributed by atoms with E-state index in [1.165, 1.54) is 0 Å². The number of hydrogen-bond acceptors (Lipinski definition) is 5. The Morgan fingerprint density at radius 2 is 1.83 bits per heavy atom. The van der Waals surface area contributed by atoms with Crippen molar-refractivity contribution in [2.75, 3.05) is 34.0 Å². The van der Waals surface area contributed by atoms with E-state index >= 15 is 0 Å². The van der Waals surface area contributed by atoms with E-state index in [2.05, 4.69) is 6.58 Å². The van der Waals surface area contributed by atoms with Gasteiger partial charge in [-0.1, -0.05) is 6.58 Å². The number of methoxy groups -OCH3 is 1. The molecule has 5 nitrogen and oxygen atoms in total. The molecule has 0 heterocycles. The lowest BCUT2D eigenvalue weighted by atomic mass is 10.1. The highest BCUT2D eigenvalue weighted by molar-refractivity contribution is 5.87. The highest BCUT2D eigenvalue weighted by Crippen LogP contribution is 2.11. The predicted octanol–water partition coefficient (Wildman–Crippen LogP) is 1.78. The zero-order valence-electron chi connectivity index (χ0n) is 12.1. The molecular weight excluding hydrogens is 234 g/mol. The smallest absolute Gasteiger partial charge is 0.333 e. The van der Waals surface area contributed by atoms with Crippen molar-refractivity contribution in [2.24, 2.45) is 0 Å². The van der Waals surface area contributed by atoms with Gasteiger partial charge in [-0.3, -0.25) is 4.84 Å². The summed E-state index contributed by atoms with van der Waals surface area (Å²) in [5, 5.41) is 1.76. The van der Waals surface area contributed by atoms with Gasteiger partial charge in [-0.05, 0) is 20.8 Å². The fourth-order valence-corrected chi connectivity index (χ4v) is 0.921. The van der Waals surface area contributed by atoms with Crippen molar-refractivity contribution in [3.63, 3.8) is 0 Å². The second kappa shape index (κ2) is 8.24. The van der Waals surface area contributed by atoms with Crippen LogP contribution in [0.1, 0.15) is 27.2 Å². The van der Waals surface area contributed by atoms with E-state index in [1.807, 2.05) is 27.8 Å². The minimum Gasteiger partial charge on any atom is -0.460 e. The first-order valence-corrected chi connectivity index (χ1v) is 5.99. The van der Waals surface area contributed by atoms with Gasteiger partial charge >= 0.3 is 5.97 Å². The van der Waals surface area contributed by atoms with Crippen LogP contribution in [0.3, 0.4) is 0 Å². The first kappa shape index (κ1) is 17.1. The molecule has 0 rings (SSSR count). The molecular formula is C13H25NO4. The van der Waals surface area contributed by atoms with Gasteiger partial charge in [-0.2, -0.15) is 5.06 Å².